The Balaban J connectivity index is 1.30. The smallest absolute Gasteiger partial charge is 0.346 e. The number of carbonyl (C=O) groups is 1. The molecule has 10 aromatic carbocycles. The van der Waals surface area contributed by atoms with Gasteiger partial charge in [-0.25, -0.2) is 4.79 Å². The van der Waals surface area contributed by atoms with Gasteiger partial charge >= 0.3 is 5.97 Å². The molecule has 0 radical (unpaired) electrons. The minimum atomic E-state index is -1.25. The molecule has 0 aromatic heterocycles. The zero-order valence-corrected chi connectivity index (χ0v) is 44.1. The molecule has 3 aliphatic rings. The second-order valence-electron chi connectivity index (χ2n) is 21.7. The highest BCUT2D eigenvalue weighted by molar-refractivity contribution is 6.04. The number of nitriles is 1. The maximum Gasteiger partial charge on any atom is 0.346 e. The molecule has 10 aromatic rings. The number of aliphatic carboxylic acids is 1. The van der Waals surface area contributed by atoms with Crippen LogP contribution in [0.5, 0.6) is 0 Å². The maximum atomic E-state index is 12.0. The lowest BCUT2D eigenvalue weighted by Crippen LogP contribution is -2.49. The molecule has 1 N–H and O–H groups in total. The van der Waals surface area contributed by atoms with Crippen LogP contribution in [0.1, 0.15) is 106 Å². The molecule has 0 aliphatic carbocycles. The molecule has 4 nitrogen and oxygen atoms in total. The fourth-order valence-corrected chi connectivity index (χ4v) is 13.4. The Morgan fingerprint density at radius 3 is 0.935 bits per heavy atom. The van der Waals surface area contributed by atoms with Crippen molar-refractivity contribution in [3.8, 4) is 17.2 Å². The van der Waals surface area contributed by atoms with Gasteiger partial charge in [-0.05, 0) is 143 Å². The Kier molecular flexibility index (Phi) is 10.9. The largest absolute Gasteiger partial charge is 0.477 e. The third-order valence-corrected chi connectivity index (χ3v) is 17.1. The van der Waals surface area contributed by atoms with Gasteiger partial charge in [0, 0.05) is 0 Å². The summed E-state index contributed by atoms with van der Waals surface area (Å²) in [6.45, 7) is 13.0. The fourth-order valence-electron chi connectivity index (χ4n) is 13.4. The van der Waals surface area contributed by atoms with E-state index in [4.69, 9.17) is 0 Å². The number of aryl methyl sites for hydroxylation is 6. The number of carboxylic acids is 1. The molecule has 0 saturated carbocycles. The van der Waals surface area contributed by atoms with E-state index in [0.717, 1.165) is 50.2 Å². The zero-order chi connectivity index (χ0) is 53.0. The van der Waals surface area contributed by atoms with Gasteiger partial charge < -0.3 is 10.0 Å². The van der Waals surface area contributed by atoms with Crippen LogP contribution in [0.15, 0.2) is 224 Å². The predicted octanol–water partition coefficient (Wildman–Crippen LogP) is 16.8. The van der Waals surface area contributed by atoms with Crippen LogP contribution < -0.4 is 4.90 Å². The van der Waals surface area contributed by atoms with Gasteiger partial charge in [-0.15, -0.1) is 0 Å². The summed E-state index contributed by atoms with van der Waals surface area (Å²) in [5.41, 5.74) is 24.6. The van der Waals surface area contributed by atoms with Crippen molar-refractivity contribution in [2.45, 2.75) is 57.8 Å². The number of rotatable bonds is 9. The fraction of sp³-hybridized carbons (Fsp3) is 0.123. The highest BCUT2D eigenvalue weighted by atomic mass is 16.4. The molecule has 13 rings (SSSR count). The molecular weight excluding hydrogens is 937 g/mol. The summed E-state index contributed by atoms with van der Waals surface area (Å²) in [7, 11) is 0. The number of anilines is 3. The van der Waals surface area contributed by atoms with Crippen LogP contribution in [0, 0.1) is 52.9 Å². The van der Waals surface area contributed by atoms with Gasteiger partial charge in [0.25, 0.3) is 0 Å². The van der Waals surface area contributed by atoms with Crippen LogP contribution in [0.3, 0.4) is 0 Å². The van der Waals surface area contributed by atoms with E-state index in [0.29, 0.717) is 5.56 Å². The Hall–Kier alpha value is -9.30. The minimum Gasteiger partial charge on any atom is -0.477 e. The molecule has 77 heavy (non-hydrogen) atoms. The maximum absolute atomic E-state index is 12.0. The van der Waals surface area contributed by atoms with Crippen LogP contribution in [0.25, 0.3) is 17.2 Å². The van der Waals surface area contributed by atoms with E-state index in [1.165, 1.54) is 84.2 Å². The van der Waals surface area contributed by atoms with Gasteiger partial charge in [-0.1, -0.05) is 240 Å². The van der Waals surface area contributed by atoms with E-state index >= 15 is 0 Å². The van der Waals surface area contributed by atoms with Crippen LogP contribution in [0.2, 0.25) is 0 Å². The SMILES string of the molecule is Cc1ccc(C2(c3ccc(C)cc3)c3cccc4c3N3c5c2cccc5C(c2ccc(C)cc2)(c2ccc(C)cc2)c2cc(-c5ccc(/C=C(\C#N)C(=O)O)cc5)cc(c23)C4(c2ccc(C)cc2)c2ccc(C)cc2)cc1. The summed E-state index contributed by atoms with van der Waals surface area (Å²) in [6.07, 6.45) is 1.44. The molecule has 0 unspecified atom stereocenters. The quantitative estimate of drug-likeness (QED) is 0.116. The highest BCUT2D eigenvalue weighted by Crippen LogP contribution is 2.72. The van der Waals surface area contributed by atoms with Crippen LogP contribution >= 0.6 is 0 Å². The number of carboxylic acid groups (broad SMARTS) is 1. The predicted molar refractivity (Wildman–Crippen MR) is 312 cm³/mol. The van der Waals surface area contributed by atoms with Crippen molar-refractivity contribution in [1.29, 1.82) is 5.26 Å². The van der Waals surface area contributed by atoms with Crippen molar-refractivity contribution < 1.29 is 9.90 Å². The standard InChI is InChI=1S/C73H56N2O2/c1-45-13-29-55(30-14-45)71(56-31-15-46(2)16-32-56)61-9-7-11-63-67(61)75-68-62(71)10-8-12-64(68)73(59-37-21-49(5)22-38-59,60-39-23-50(6)24-40-60)66-43-53(52-27-25-51(26-28-52)41-54(44-74)70(76)77)42-65(69(66)75)72(63,57-33-17-47(3)18-34-57)58-35-19-48(4)20-36-58/h7-43H,1-6H3,(H,76,77)/b54-41+. The normalized spacial score (nSPS) is 14.8. The third kappa shape index (κ3) is 6.80. The molecule has 370 valence electrons. The molecule has 0 bridgehead atoms. The van der Waals surface area contributed by atoms with Gasteiger partial charge in [0.05, 0.1) is 33.3 Å². The van der Waals surface area contributed by atoms with Gasteiger partial charge in [0.2, 0.25) is 0 Å². The van der Waals surface area contributed by atoms with Gasteiger partial charge in [-0.3, -0.25) is 0 Å². The second-order valence-corrected chi connectivity index (χ2v) is 21.7. The number of para-hydroxylation sites is 2. The summed E-state index contributed by atoms with van der Waals surface area (Å²) in [4.78, 5) is 14.7. The number of hydrogen-bond donors (Lipinski definition) is 1. The molecule has 0 spiro atoms. The molecule has 0 amide bonds. The Bertz CT molecular complexity index is 3770. The highest BCUT2D eigenvalue weighted by Gasteiger charge is 2.60. The molecule has 4 heteroatoms. The summed E-state index contributed by atoms with van der Waals surface area (Å²) in [5, 5.41) is 19.6. The second kappa shape index (κ2) is 17.7. The van der Waals surface area contributed by atoms with Gasteiger partial charge in [0.15, 0.2) is 0 Å². The summed E-state index contributed by atoms with van der Waals surface area (Å²) < 4.78 is 0. The van der Waals surface area contributed by atoms with Crippen LogP contribution in [-0.4, -0.2) is 11.1 Å². The van der Waals surface area contributed by atoms with Crippen molar-refractivity contribution in [2.75, 3.05) is 4.90 Å². The van der Waals surface area contributed by atoms with Crippen molar-refractivity contribution in [3.05, 3.63) is 330 Å². The van der Waals surface area contributed by atoms with Crippen molar-refractivity contribution in [2.24, 2.45) is 0 Å². The Morgan fingerprint density at radius 2 is 0.662 bits per heavy atom. The van der Waals surface area contributed by atoms with Gasteiger partial charge in [0.1, 0.15) is 11.6 Å². The molecule has 3 heterocycles. The molecule has 0 fully saturated rings. The summed E-state index contributed by atoms with van der Waals surface area (Å²) in [6, 6.07) is 84.5. The van der Waals surface area contributed by atoms with Crippen LogP contribution in [0.4, 0.5) is 17.1 Å². The lowest BCUT2D eigenvalue weighted by molar-refractivity contribution is -0.132. The average Bonchev–Trinajstić information content (AvgIpc) is 3.58. The third-order valence-electron chi connectivity index (χ3n) is 17.1. The Labute approximate surface area is 451 Å². The van der Waals surface area contributed by atoms with E-state index in [1.807, 2.05) is 18.2 Å². The van der Waals surface area contributed by atoms with E-state index in [-0.39, 0.29) is 5.57 Å². The summed E-state index contributed by atoms with van der Waals surface area (Å²) in [5.74, 6) is -1.25. The van der Waals surface area contributed by atoms with E-state index in [1.54, 1.807) is 0 Å². The molecular formula is C73H56N2O2. The average molecular weight is 993 g/mol. The zero-order valence-electron chi connectivity index (χ0n) is 44.1. The minimum absolute atomic E-state index is 0.315. The van der Waals surface area contributed by atoms with Crippen molar-refractivity contribution in [3.63, 3.8) is 0 Å². The summed E-state index contributed by atoms with van der Waals surface area (Å²) >= 11 is 0. The molecule has 3 aliphatic heterocycles. The molecule has 0 saturated heterocycles. The monoisotopic (exact) mass is 992 g/mol. The van der Waals surface area contributed by atoms with Crippen molar-refractivity contribution in [1.82, 2.24) is 0 Å². The molecule has 0 atom stereocenters. The van der Waals surface area contributed by atoms with Crippen molar-refractivity contribution >= 4 is 29.1 Å². The lowest BCUT2D eigenvalue weighted by atomic mass is 9.52. The first-order valence-electron chi connectivity index (χ1n) is 26.5. The number of benzene rings is 10. The Morgan fingerprint density at radius 1 is 0.390 bits per heavy atom. The van der Waals surface area contributed by atoms with Gasteiger partial charge in [-0.2, -0.15) is 5.26 Å². The van der Waals surface area contributed by atoms with E-state index in [9.17, 15) is 15.2 Å². The first-order valence-corrected chi connectivity index (χ1v) is 26.5. The first-order chi connectivity index (χ1) is 37.4. The number of nitrogens with zero attached hydrogens (tertiary/aromatic N) is 2. The topological polar surface area (TPSA) is 64.3 Å². The first kappa shape index (κ1) is 47.4. The van der Waals surface area contributed by atoms with E-state index in [2.05, 4.69) is 253 Å². The van der Waals surface area contributed by atoms with E-state index < -0.39 is 22.2 Å². The van der Waals surface area contributed by atoms with Crippen LogP contribution in [-0.2, 0) is 21.0 Å². The number of hydrogen-bond acceptors (Lipinski definition) is 3. The lowest BCUT2D eigenvalue weighted by Gasteiger charge is -2.58.